The van der Waals surface area contributed by atoms with Crippen LogP contribution in [0.15, 0.2) is 54.6 Å². The molecule has 0 atom stereocenters. The number of carbonyl (C=O) groups excluding carboxylic acids is 1. The molecule has 1 amide bonds. The molecule has 0 fully saturated rings. The van der Waals surface area contributed by atoms with Crippen molar-refractivity contribution in [2.24, 2.45) is 0 Å². The van der Waals surface area contributed by atoms with Gasteiger partial charge in [-0.2, -0.15) is 0 Å². The van der Waals surface area contributed by atoms with Gasteiger partial charge in [0.2, 0.25) is 5.91 Å². The molecule has 106 valence electrons. The first kappa shape index (κ1) is 14.7. The molecule has 0 aliphatic rings. The summed E-state index contributed by atoms with van der Waals surface area (Å²) in [6.45, 7) is 0. The molecule has 0 saturated heterocycles. The molecule has 1 N–H and O–H groups in total. The molecule has 5 nitrogen and oxygen atoms in total. The van der Waals surface area contributed by atoms with E-state index in [9.17, 15) is 14.9 Å². The van der Waals surface area contributed by atoms with Gasteiger partial charge in [0.25, 0.3) is 5.69 Å². The van der Waals surface area contributed by atoms with Crippen molar-refractivity contribution in [3.05, 3.63) is 75.3 Å². The second-order valence-electron chi connectivity index (χ2n) is 4.15. The van der Waals surface area contributed by atoms with Crippen LogP contribution >= 0.6 is 11.6 Å². The number of hydrogen-bond acceptors (Lipinski definition) is 3. The Hall–Kier alpha value is -2.66. The van der Waals surface area contributed by atoms with Crippen LogP contribution in [0.2, 0.25) is 5.02 Å². The van der Waals surface area contributed by atoms with Crippen LogP contribution in [-0.4, -0.2) is 10.8 Å². The van der Waals surface area contributed by atoms with Crippen LogP contribution in [-0.2, 0) is 4.79 Å². The number of nitro groups is 1. The lowest BCUT2D eigenvalue weighted by atomic mass is 10.2. The summed E-state index contributed by atoms with van der Waals surface area (Å²) >= 11 is 5.93. The summed E-state index contributed by atoms with van der Waals surface area (Å²) in [6.07, 6.45) is 2.79. The van der Waals surface area contributed by atoms with Gasteiger partial charge in [-0.15, -0.1) is 0 Å². The van der Waals surface area contributed by atoms with E-state index in [1.54, 1.807) is 36.4 Å². The largest absolute Gasteiger partial charge is 0.321 e. The van der Waals surface area contributed by atoms with Gasteiger partial charge in [0.1, 0.15) is 0 Å². The third-order valence-electron chi connectivity index (χ3n) is 2.64. The summed E-state index contributed by atoms with van der Waals surface area (Å²) in [7, 11) is 0. The van der Waals surface area contributed by atoms with Crippen LogP contribution in [0.5, 0.6) is 0 Å². The number of hydrogen-bond donors (Lipinski definition) is 1. The average Bonchev–Trinajstić information content (AvgIpc) is 2.48. The standard InChI is InChI=1S/C15H11ClN2O3/c16-13-6-1-2-7-14(13)17-15(19)9-8-11-4-3-5-12(10-11)18(20)21/h1-10H,(H,17,19)/b9-8+. The van der Waals surface area contributed by atoms with Crippen molar-refractivity contribution in [2.75, 3.05) is 5.32 Å². The summed E-state index contributed by atoms with van der Waals surface area (Å²) in [6, 6.07) is 12.9. The lowest BCUT2D eigenvalue weighted by Crippen LogP contribution is -2.07. The monoisotopic (exact) mass is 302 g/mol. The topological polar surface area (TPSA) is 72.2 Å². The van der Waals surface area contributed by atoms with Crippen molar-refractivity contribution in [1.29, 1.82) is 0 Å². The summed E-state index contributed by atoms with van der Waals surface area (Å²) in [4.78, 5) is 21.9. The number of carbonyl (C=O) groups is 1. The Balaban J connectivity index is 2.07. The van der Waals surface area contributed by atoms with E-state index in [0.717, 1.165) is 0 Å². The molecule has 2 aromatic rings. The number of nitro benzene ring substituents is 1. The van der Waals surface area contributed by atoms with Gasteiger partial charge in [-0.25, -0.2) is 0 Å². The van der Waals surface area contributed by atoms with Gasteiger partial charge in [-0.05, 0) is 23.8 Å². The highest BCUT2D eigenvalue weighted by atomic mass is 35.5. The minimum atomic E-state index is -0.485. The Morgan fingerprint density at radius 2 is 1.95 bits per heavy atom. The summed E-state index contributed by atoms with van der Waals surface area (Å²) in [5.74, 6) is -0.366. The van der Waals surface area contributed by atoms with Crippen molar-refractivity contribution in [3.8, 4) is 0 Å². The Labute approximate surface area is 126 Å². The van der Waals surface area contributed by atoms with E-state index in [4.69, 9.17) is 11.6 Å². The fourth-order valence-electron chi connectivity index (χ4n) is 1.65. The molecule has 0 aliphatic carbocycles. The van der Waals surface area contributed by atoms with E-state index in [1.807, 2.05) is 0 Å². The summed E-state index contributed by atoms with van der Waals surface area (Å²) < 4.78 is 0. The van der Waals surface area contributed by atoms with Crippen molar-refractivity contribution >= 4 is 35.0 Å². The highest BCUT2D eigenvalue weighted by Crippen LogP contribution is 2.20. The molecule has 0 heterocycles. The van der Waals surface area contributed by atoms with Gasteiger partial charge >= 0.3 is 0 Å². The molecule has 0 radical (unpaired) electrons. The third kappa shape index (κ3) is 4.15. The lowest BCUT2D eigenvalue weighted by Gasteiger charge is -2.03. The molecule has 0 aromatic heterocycles. The second kappa shape index (κ2) is 6.67. The first-order chi connectivity index (χ1) is 10.1. The van der Waals surface area contributed by atoms with E-state index in [-0.39, 0.29) is 11.6 Å². The van der Waals surface area contributed by atoms with E-state index < -0.39 is 4.92 Å². The first-order valence-corrected chi connectivity index (χ1v) is 6.42. The van der Waals surface area contributed by atoms with E-state index >= 15 is 0 Å². The zero-order valence-corrected chi connectivity index (χ0v) is 11.6. The van der Waals surface area contributed by atoms with Crippen molar-refractivity contribution in [2.45, 2.75) is 0 Å². The van der Waals surface area contributed by atoms with Crippen LogP contribution in [0.4, 0.5) is 11.4 Å². The van der Waals surface area contributed by atoms with Gasteiger partial charge in [0.05, 0.1) is 15.6 Å². The summed E-state index contributed by atoms with van der Waals surface area (Å²) in [5, 5.41) is 13.7. The number of non-ortho nitro benzene ring substituents is 1. The van der Waals surface area contributed by atoms with E-state index in [1.165, 1.54) is 24.3 Å². The predicted molar refractivity (Wildman–Crippen MR) is 82.2 cm³/mol. The van der Waals surface area contributed by atoms with Gasteiger partial charge < -0.3 is 5.32 Å². The van der Waals surface area contributed by atoms with Crippen molar-refractivity contribution < 1.29 is 9.72 Å². The number of para-hydroxylation sites is 1. The second-order valence-corrected chi connectivity index (χ2v) is 4.56. The van der Waals surface area contributed by atoms with Gasteiger partial charge in [0.15, 0.2) is 0 Å². The molecule has 0 aliphatic heterocycles. The fourth-order valence-corrected chi connectivity index (χ4v) is 1.83. The Morgan fingerprint density at radius 1 is 1.19 bits per heavy atom. The molecule has 2 rings (SSSR count). The lowest BCUT2D eigenvalue weighted by molar-refractivity contribution is -0.384. The molecule has 2 aromatic carbocycles. The van der Waals surface area contributed by atoms with Crippen molar-refractivity contribution in [1.82, 2.24) is 0 Å². The molecule has 6 heteroatoms. The molecule has 0 saturated carbocycles. The number of anilines is 1. The van der Waals surface area contributed by atoms with Gasteiger partial charge in [0, 0.05) is 18.2 Å². The molecular formula is C15H11ClN2O3. The highest BCUT2D eigenvalue weighted by molar-refractivity contribution is 6.33. The number of rotatable bonds is 4. The van der Waals surface area contributed by atoms with Gasteiger partial charge in [-0.3, -0.25) is 14.9 Å². The van der Waals surface area contributed by atoms with Crippen LogP contribution in [0.3, 0.4) is 0 Å². The Morgan fingerprint density at radius 3 is 2.67 bits per heavy atom. The quantitative estimate of drug-likeness (QED) is 0.529. The SMILES string of the molecule is O=C(/C=C/c1cccc([N+](=O)[O-])c1)Nc1ccccc1Cl. The Bertz CT molecular complexity index is 714. The van der Waals surface area contributed by atoms with Crippen LogP contribution in [0.25, 0.3) is 6.08 Å². The first-order valence-electron chi connectivity index (χ1n) is 6.04. The maximum Gasteiger partial charge on any atom is 0.270 e. The van der Waals surface area contributed by atoms with E-state index in [0.29, 0.717) is 16.3 Å². The number of halogens is 1. The molecule has 0 unspecified atom stereocenters. The smallest absolute Gasteiger partial charge is 0.270 e. The number of nitrogens with zero attached hydrogens (tertiary/aromatic N) is 1. The third-order valence-corrected chi connectivity index (χ3v) is 2.97. The zero-order valence-electron chi connectivity index (χ0n) is 10.8. The number of benzene rings is 2. The van der Waals surface area contributed by atoms with Crippen LogP contribution in [0.1, 0.15) is 5.56 Å². The highest BCUT2D eigenvalue weighted by Gasteiger charge is 2.05. The molecular weight excluding hydrogens is 292 g/mol. The normalized spacial score (nSPS) is 10.5. The van der Waals surface area contributed by atoms with Crippen LogP contribution in [0, 0.1) is 10.1 Å². The molecule has 0 bridgehead atoms. The fraction of sp³-hybridized carbons (Fsp3) is 0. The predicted octanol–water partition coefficient (Wildman–Crippen LogP) is 3.90. The van der Waals surface area contributed by atoms with Gasteiger partial charge in [-0.1, -0.05) is 35.9 Å². The van der Waals surface area contributed by atoms with E-state index in [2.05, 4.69) is 5.32 Å². The summed E-state index contributed by atoms with van der Waals surface area (Å²) in [5.41, 5.74) is 1.05. The maximum atomic E-state index is 11.8. The van der Waals surface area contributed by atoms with Crippen molar-refractivity contribution in [3.63, 3.8) is 0 Å². The molecule has 21 heavy (non-hydrogen) atoms. The van der Waals surface area contributed by atoms with Crippen LogP contribution < -0.4 is 5.32 Å². The Kier molecular flexibility index (Phi) is 4.68. The minimum absolute atomic E-state index is 0.0244. The zero-order chi connectivity index (χ0) is 15.2. The molecule has 0 spiro atoms. The number of nitrogens with one attached hydrogen (secondary N) is 1. The minimum Gasteiger partial charge on any atom is -0.321 e. The maximum absolute atomic E-state index is 11.8. The average molecular weight is 303 g/mol. The number of amides is 1.